The van der Waals surface area contributed by atoms with E-state index in [4.69, 9.17) is 10.2 Å². The Bertz CT molecular complexity index is 233. The number of ether oxygens (including phenoxy) is 2. The van der Waals surface area contributed by atoms with Crippen LogP contribution in [0.1, 0.15) is 13.8 Å². The molecule has 0 spiro atoms. The van der Waals surface area contributed by atoms with Crippen molar-refractivity contribution in [3.8, 4) is 0 Å². The molecule has 94 valence electrons. The lowest BCUT2D eigenvalue weighted by Gasteiger charge is -2.09. The summed E-state index contributed by atoms with van der Waals surface area (Å²) in [6, 6.07) is 0. The van der Waals surface area contributed by atoms with Gasteiger partial charge in [-0.2, -0.15) is 0 Å². The highest BCUT2D eigenvalue weighted by Crippen LogP contribution is 1.92. The smallest absolute Gasteiger partial charge is 0.337 e. The van der Waals surface area contributed by atoms with Gasteiger partial charge in [-0.25, -0.2) is 9.59 Å². The molecule has 0 aliphatic heterocycles. The molecule has 2 N–H and O–H groups in total. The minimum absolute atomic E-state index is 0.303. The number of hydrogen-bond donors (Lipinski definition) is 2. The Morgan fingerprint density at radius 2 is 1.69 bits per heavy atom. The summed E-state index contributed by atoms with van der Waals surface area (Å²) in [7, 11) is 2.50. The second kappa shape index (κ2) is 10.1. The third-order valence-corrected chi connectivity index (χ3v) is 1.40. The Morgan fingerprint density at radius 3 is 1.81 bits per heavy atom. The van der Waals surface area contributed by atoms with Crippen LogP contribution in [0, 0.1) is 0 Å². The van der Waals surface area contributed by atoms with Crippen molar-refractivity contribution in [3.05, 3.63) is 12.2 Å². The van der Waals surface area contributed by atoms with Gasteiger partial charge in [0.2, 0.25) is 0 Å². The van der Waals surface area contributed by atoms with Gasteiger partial charge in [0.15, 0.2) is 6.10 Å². The third-order valence-electron chi connectivity index (χ3n) is 1.40. The van der Waals surface area contributed by atoms with E-state index in [9.17, 15) is 9.59 Å². The van der Waals surface area contributed by atoms with Crippen LogP contribution >= 0.6 is 0 Å². The number of aliphatic hydroxyl groups is 2. The van der Waals surface area contributed by atoms with Gasteiger partial charge in [-0.3, -0.25) is 0 Å². The Kier molecular flexibility index (Phi) is 10.8. The lowest BCUT2D eigenvalue weighted by atomic mass is 10.2. The molecule has 2 atom stereocenters. The van der Waals surface area contributed by atoms with Crippen molar-refractivity contribution in [2.45, 2.75) is 26.1 Å². The highest BCUT2D eigenvalue weighted by atomic mass is 16.5. The zero-order chi connectivity index (χ0) is 13.1. The summed E-state index contributed by atoms with van der Waals surface area (Å²) in [5, 5.41) is 17.2. The summed E-state index contributed by atoms with van der Waals surface area (Å²) >= 11 is 0. The molecule has 6 nitrogen and oxygen atoms in total. The van der Waals surface area contributed by atoms with Gasteiger partial charge in [-0.05, 0) is 13.8 Å². The van der Waals surface area contributed by atoms with E-state index in [1.165, 1.54) is 20.1 Å². The number of methoxy groups -OCH3 is 2. The predicted molar refractivity (Wildman–Crippen MR) is 56.5 cm³/mol. The zero-order valence-electron chi connectivity index (χ0n) is 9.84. The molecule has 2 unspecified atom stereocenters. The van der Waals surface area contributed by atoms with Crippen LogP contribution in [0.25, 0.3) is 0 Å². The summed E-state index contributed by atoms with van der Waals surface area (Å²) in [6.07, 6.45) is 0.499. The number of allylic oxidation sites excluding steroid dienone is 1. The van der Waals surface area contributed by atoms with Crippen LogP contribution in [0.2, 0.25) is 0 Å². The number of carbonyl (C=O) groups excluding carboxylic acids is 2. The summed E-state index contributed by atoms with van der Waals surface area (Å²) in [5.74, 6) is -1.12. The Hall–Kier alpha value is -1.40. The molecule has 0 fully saturated rings. The number of rotatable bonds is 3. The Labute approximate surface area is 94.5 Å². The fourth-order valence-corrected chi connectivity index (χ4v) is 0.522. The summed E-state index contributed by atoms with van der Waals surface area (Å²) < 4.78 is 8.39. The van der Waals surface area contributed by atoms with E-state index in [-0.39, 0.29) is 5.97 Å². The molecule has 0 aliphatic carbocycles. The molecule has 0 bridgehead atoms. The average molecular weight is 234 g/mol. The van der Waals surface area contributed by atoms with Crippen LogP contribution in [0.3, 0.4) is 0 Å². The van der Waals surface area contributed by atoms with E-state index in [0.717, 1.165) is 7.11 Å². The zero-order valence-corrected chi connectivity index (χ0v) is 9.84. The van der Waals surface area contributed by atoms with Crippen molar-refractivity contribution in [3.63, 3.8) is 0 Å². The quantitative estimate of drug-likeness (QED) is 0.511. The van der Waals surface area contributed by atoms with Crippen molar-refractivity contribution in [2.75, 3.05) is 14.2 Å². The molecule has 0 amide bonds. The number of carbonyl (C=O) groups is 2. The maximum Gasteiger partial charge on any atom is 0.337 e. The van der Waals surface area contributed by atoms with Crippen LogP contribution in [0.5, 0.6) is 0 Å². The van der Waals surface area contributed by atoms with Crippen LogP contribution in [-0.4, -0.2) is 48.6 Å². The number of esters is 2. The van der Waals surface area contributed by atoms with E-state index in [1.807, 2.05) is 0 Å². The molecule has 0 rings (SSSR count). The van der Waals surface area contributed by atoms with Gasteiger partial charge in [-0.1, -0.05) is 6.08 Å². The van der Waals surface area contributed by atoms with E-state index in [1.54, 1.807) is 13.0 Å². The van der Waals surface area contributed by atoms with Gasteiger partial charge < -0.3 is 19.7 Å². The molecule has 0 aromatic rings. The molecule has 0 aliphatic rings. The highest BCUT2D eigenvalue weighted by molar-refractivity contribution is 5.81. The lowest BCUT2D eigenvalue weighted by Crippen LogP contribution is -2.32. The summed E-state index contributed by atoms with van der Waals surface area (Å²) in [5.41, 5.74) is 0. The fraction of sp³-hybridized carbons (Fsp3) is 0.600. The molecule has 0 saturated carbocycles. The van der Waals surface area contributed by atoms with Gasteiger partial charge in [0.25, 0.3) is 0 Å². The van der Waals surface area contributed by atoms with Crippen molar-refractivity contribution < 1.29 is 29.3 Å². The van der Waals surface area contributed by atoms with Crippen molar-refractivity contribution >= 4 is 11.9 Å². The normalized spacial score (nSPS) is 13.4. The van der Waals surface area contributed by atoms with Crippen molar-refractivity contribution in [1.82, 2.24) is 0 Å². The van der Waals surface area contributed by atoms with Crippen molar-refractivity contribution in [1.29, 1.82) is 0 Å². The number of hydrogen-bond acceptors (Lipinski definition) is 6. The first-order chi connectivity index (χ1) is 7.40. The second-order valence-corrected chi connectivity index (χ2v) is 2.73. The minimum Gasteiger partial charge on any atom is -0.467 e. The molecule has 6 heteroatoms. The minimum atomic E-state index is -1.42. The fourth-order valence-electron chi connectivity index (χ4n) is 0.522. The topological polar surface area (TPSA) is 93.1 Å². The molecular weight excluding hydrogens is 216 g/mol. The van der Waals surface area contributed by atoms with E-state index in [2.05, 4.69) is 9.47 Å². The monoisotopic (exact) mass is 234 g/mol. The molecule has 0 aromatic heterocycles. The van der Waals surface area contributed by atoms with Crippen molar-refractivity contribution in [2.24, 2.45) is 0 Å². The van der Waals surface area contributed by atoms with E-state index in [0.29, 0.717) is 0 Å². The van der Waals surface area contributed by atoms with Crippen LogP contribution in [0.4, 0.5) is 0 Å². The largest absolute Gasteiger partial charge is 0.467 e. The van der Waals surface area contributed by atoms with Crippen LogP contribution in [0.15, 0.2) is 12.2 Å². The third kappa shape index (κ3) is 9.17. The SMILES string of the molecule is C/C=C/C(=O)OC.COC(=O)C(O)C(C)O. The molecule has 16 heavy (non-hydrogen) atoms. The van der Waals surface area contributed by atoms with Gasteiger partial charge >= 0.3 is 11.9 Å². The highest BCUT2D eigenvalue weighted by Gasteiger charge is 2.20. The summed E-state index contributed by atoms with van der Waals surface area (Å²) in [6.45, 7) is 3.07. The Morgan fingerprint density at radius 1 is 1.19 bits per heavy atom. The van der Waals surface area contributed by atoms with Crippen LogP contribution in [-0.2, 0) is 19.1 Å². The standard InChI is InChI=1S/C5H10O4.C5H8O2/c1-3(6)4(7)5(8)9-2;1-3-4-5(6)7-2/h3-4,6-7H,1-2H3;3-4H,1-2H3/b;4-3+. The maximum absolute atomic E-state index is 10.3. The molecule has 0 aromatic carbocycles. The van der Waals surface area contributed by atoms with Gasteiger partial charge in [-0.15, -0.1) is 0 Å². The molecule has 0 saturated heterocycles. The molecule has 0 radical (unpaired) electrons. The second-order valence-electron chi connectivity index (χ2n) is 2.73. The van der Waals surface area contributed by atoms with Gasteiger partial charge in [0.1, 0.15) is 0 Å². The van der Waals surface area contributed by atoms with Gasteiger partial charge in [0.05, 0.1) is 20.3 Å². The number of aliphatic hydroxyl groups excluding tert-OH is 2. The van der Waals surface area contributed by atoms with Gasteiger partial charge in [0, 0.05) is 6.08 Å². The first-order valence-corrected chi connectivity index (χ1v) is 4.55. The van der Waals surface area contributed by atoms with Crippen LogP contribution < -0.4 is 0 Å². The first kappa shape index (κ1) is 17.0. The lowest BCUT2D eigenvalue weighted by molar-refractivity contribution is -0.155. The Balaban J connectivity index is 0. The maximum atomic E-state index is 10.3. The average Bonchev–Trinajstić information content (AvgIpc) is 2.27. The first-order valence-electron chi connectivity index (χ1n) is 4.55. The summed E-state index contributed by atoms with van der Waals surface area (Å²) in [4.78, 5) is 20.4. The molecule has 0 heterocycles. The van der Waals surface area contributed by atoms with E-state index >= 15 is 0 Å². The molecular formula is C10H18O6. The predicted octanol–water partition coefficient (Wildman–Crippen LogP) is -0.363. The van der Waals surface area contributed by atoms with E-state index < -0.39 is 18.2 Å².